The Morgan fingerprint density at radius 2 is 1.70 bits per heavy atom. The second-order valence-corrected chi connectivity index (χ2v) is 7.32. The Morgan fingerprint density at radius 3 is 2.30 bits per heavy atom. The molecule has 0 aromatic rings. The summed E-state index contributed by atoms with van der Waals surface area (Å²) < 4.78 is 12.3. The minimum absolute atomic E-state index is 0.157. The Hall–Kier alpha value is -0.160. The van der Waals surface area contributed by atoms with E-state index in [1.807, 2.05) is 27.7 Å². The smallest absolute Gasteiger partial charge is 0.201 e. The highest BCUT2D eigenvalue weighted by atomic mass is 17.2. The molecule has 2 aliphatic heterocycles. The largest absolute Gasteiger partial charge is 0.347 e. The van der Waals surface area contributed by atoms with E-state index in [2.05, 4.69) is 27.7 Å². The number of fused-ring (bicyclic) bond motifs is 1. The van der Waals surface area contributed by atoms with Crippen molar-refractivity contribution in [3.8, 4) is 0 Å². The molecular formula is C19H38O4. The fraction of sp³-hybridized carbons (Fsp3) is 1.00. The second-order valence-electron chi connectivity index (χ2n) is 7.32. The van der Waals surface area contributed by atoms with Gasteiger partial charge in [0, 0.05) is 6.42 Å². The van der Waals surface area contributed by atoms with E-state index < -0.39 is 5.79 Å². The lowest BCUT2D eigenvalue weighted by Crippen LogP contribution is -2.54. The van der Waals surface area contributed by atoms with Gasteiger partial charge in [-0.3, -0.25) is 0 Å². The van der Waals surface area contributed by atoms with Crippen LogP contribution in [-0.2, 0) is 19.2 Å². The van der Waals surface area contributed by atoms with E-state index in [0.29, 0.717) is 17.8 Å². The van der Waals surface area contributed by atoms with Crippen LogP contribution in [0.3, 0.4) is 0 Å². The quantitative estimate of drug-likeness (QED) is 0.611. The van der Waals surface area contributed by atoms with Crippen LogP contribution < -0.4 is 0 Å². The summed E-state index contributed by atoms with van der Waals surface area (Å²) in [6.45, 7) is 16.9. The van der Waals surface area contributed by atoms with Crippen molar-refractivity contribution in [2.24, 2.45) is 17.8 Å². The highest BCUT2D eigenvalue weighted by Crippen LogP contribution is 2.37. The first-order chi connectivity index (χ1) is 10.8. The zero-order valence-corrected chi connectivity index (χ0v) is 16.4. The van der Waals surface area contributed by atoms with Crippen LogP contribution in [0.4, 0.5) is 0 Å². The Morgan fingerprint density at radius 1 is 1.04 bits per heavy atom. The maximum absolute atomic E-state index is 6.19. The van der Waals surface area contributed by atoms with Crippen molar-refractivity contribution in [1.29, 1.82) is 0 Å². The van der Waals surface area contributed by atoms with Gasteiger partial charge in [0.2, 0.25) is 5.79 Å². The molecule has 2 heterocycles. The Labute approximate surface area is 143 Å². The third-order valence-electron chi connectivity index (χ3n) is 5.24. The molecule has 2 saturated heterocycles. The van der Waals surface area contributed by atoms with Crippen molar-refractivity contribution >= 4 is 0 Å². The molecule has 2 rings (SSSR count). The molecule has 4 heteroatoms. The summed E-state index contributed by atoms with van der Waals surface area (Å²) in [5.41, 5.74) is 0. The van der Waals surface area contributed by atoms with Gasteiger partial charge in [-0.1, -0.05) is 54.4 Å². The maximum atomic E-state index is 6.19. The van der Waals surface area contributed by atoms with E-state index in [1.54, 1.807) is 0 Å². The first kappa shape index (κ1) is 20.9. The Bertz CT molecular complexity index is 335. The van der Waals surface area contributed by atoms with Crippen molar-refractivity contribution in [2.75, 3.05) is 0 Å². The van der Waals surface area contributed by atoms with E-state index in [-0.39, 0.29) is 18.5 Å². The van der Waals surface area contributed by atoms with E-state index in [0.717, 1.165) is 12.8 Å². The summed E-state index contributed by atoms with van der Waals surface area (Å²) in [5.74, 6) is 0.883. The molecule has 0 aromatic carbocycles. The lowest BCUT2D eigenvalue weighted by molar-refractivity contribution is -0.530. The number of hydrogen-bond acceptors (Lipinski definition) is 4. The van der Waals surface area contributed by atoms with Gasteiger partial charge >= 0.3 is 0 Å². The fourth-order valence-corrected chi connectivity index (χ4v) is 3.22. The summed E-state index contributed by atoms with van der Waals surface area (Å²) in [7, 11) is 0. The molecule has 4 nitrogen and oxygen atoms in total. The third kappa shape index (κ3) is 5.70. The Kier molecular flexibility index (Phi) is 8.50. The van der Waals surface area contributed by atoms with Crippen LogP contribution in [0, 0.1) is 17.8 Å². The average Bonchev–Trinajstić information content (AvgIpc) is 2.53. The first-order valence-corrected chi connectivity index (χ1v) is 9.52. The van der Waals surface area contributed by atoms with E-state index in [4.69, 9.17) is 19.2 Å². The molecule has 0 saturated carbocycles. The van der Waals surface area contributed by atoms with Crippen molar-refractivity contribution in [3.05, 3.63) is 0 Å². The summed E-state index contributed by atoms with van der Waals surface area (Å²) >= 11 is 0. The van der Waals surface area contributed by atoms with Crippen LogP contribution in [0.1, 0.15) is 81.1 Å². The number of rotatable bonds is 1. The molecule has 0 bridgehead atoms. The molecule has 2 fully saturated rings. The molecule has 0 radical (unpaired) electrons. The zero-order chi connectivity index (χ0) is 17.6. The van der Waals surface area contributed by atoms with Gasteiger partial charge in [-0.05, 0) is 38.0 Å². The SMILES string of the molecule is CC.CC[C@@]1(C)OO[C@@H]2[C@H](OC(C)C[C@@H](C)CC[C@@H](C)[C@@H]2C)O1. The minimum Gasteiger partial charge on any atom is -0.347 e. The van der Waals surface area contributed by atoms with Crippen molar-refractivity contribution < 1.29 is 19.2 Å². The molecule has 0 N–H and O–H groups in total. The van der Waals surface area contributed by atoms with E-state index in [1.165, 1.54) is 12.8 Å². The second kappa shape index (κ2) is 9.36. The van der Waals surface area contributed by atoms with Crippen LogP contribution in [0.15, 0.2) is 0 Å². The van der Waals surface area contributed by atoms with Gasteiger partial charge in [0.25, 0.3) is 0 Å². The molecule has 138 valence electrons. The summed E-state index contributed by atoms with van der Waals surface area (Å²) in [6.07, 6.45) is 3.93. The van der Waals surface area contributed by atoms with Gasteiger partial charge in [0.15, 0.2) is 6.29 Å². The minimum atomic E-state index is -0.709. The molecule has 23 heavy (non-hydrogen) atoms. The Balaban J connectivity index is 0.00000127. The molecule has 0 spiro atoms. The molecule has 1 unspecified atom stereocenters. The van der Waals surface area contributed by atoms with Gasteiger partial charge in [-0.25, -0.2) is 9.78 Å². The highest BCUT2D eigenvalue weighted by molar-refractivity contribution is 4.80. The fourth-order valence-electron chi connectivity index (χ4n) is 3.22. The summed E-state index contributed by atoms with van der Waals surface area (Å²) in [6, 6.07) is 0. The van der Waals surface area contributed by atoms with Crippen LogP contribution in [0.2, 0.25) is 0 Å². The van der Waals surface area contributed by atoms with Crippen LogP contribution in [0.25, 0.3) is 0 Å². The normalized spacial score (nSPS) is 45.4. The van der Waals surface area contributed by atoms with Gasteiger partial charge in [-0.15, -0.1) is 0 Å². The standard InChI is InChI=1S/C17H32O4.C2H6/c1-7-17(6)19-16-15(20-21-17)14(5)12(3)9-8-11(2)10-13(4)18-16;1-2/h11-16H,7-10H2,1-6H3;1-2H3/t11-,12+,13?,14-,15-,16+,17+;/m0./s1. The van der Waals surface area contributed by atoms with Gasteiger partial charge in [0.1, 0.15) is 6.10 Å². The van der Waals surface area contributed by atoms with E-state index in [9.17, 15) is 0 Å². The van der Waals surface area contributed by atoms with Gasteiger partial charge in [0.05, 0.1) is 6.10 Å². The molecular weight excluding hydrogens is 292 g/mol. The average molecular weight is 331 g/mol. The molecule has 0 aromatic heterocycles. The van der Waals surface area contributed by atoms with Gasteiger partial charge < -0.3 is 9.47 Å². The van der Waals surface area contributed by atoms with Crippen LogP contribution >= 0.6 is 0 Å². The van der Waals surface area contributed by atoms with Crippen LogP contribution in [-0.4, -0.2) is 24.3 Å². The van der Waals surface area contributed by atoms with Crippen LogP contribution in [0.5, 0.6) is 0 Å². The predicted octanol–water partition coefficient (Wildman–Crippen LogP) is 5.31. The van der Waals surface area contributed by atoms with E-state index >= 15 is 0 Å². The first-order valence-electron chi connectivity index (χ1n) is 9.52. The topological polar surface area (TPSA) is 36.9 Å². The lowest BCUT2D eigenvalue weighted by Gasteiger charge is -2.45. The zero-order valence-electron chi connectivity index (χ0n) is 16.4. The number of ether oxygens (including phenoxy) is 2. The molecule has 0 amide bonds. The van der Waals surface area contributed by atoms with Gasteiger partial charge in [-0.2, -0.15) is 0 Å². The predicted molar refractivity (Wildman–Crippen MR) is 92.8 cm³/mol. The molecule has 0 aliphatic carbocycles. The lowest BCUT2D eigenvalue weighted by atomic mass is 9.83. The molecule has 2 aliphatic rings. The number of hydrogen-bond donors (Lipinski definition) is 0. The van der Waals surface area contributed by atoms with Crippen molar-refractivity contribution in [2.45, 2.75) is 105 Å². The van der Waals surface area contributed by atoms with Crippen molar-refractivity contribution in [3.63, 3.8) is 0 Å². The summed E-state index contributed by atoms with van der Waals surface area (Å²) in [5, 5.41) is 0. The highest BCUT2D eigenvalue weighted by Gasteiger charge is 2.45. The summed E-state index contributed by atoms with van der Waals surface area (Å²) in [4.78, 5) is 11.3. The monoisotopic (exact) mass is 330 g/mol. The third-order valence-corrected chi connectivity index (χ3v) is 5.24. The van der Waals surface area contributed by atoms with Crippen molar-refractivity contribution in [1.82, 2.24) is 0 Å². The maximum Gasteiger partial charge on any atom is 0.201 e. The molecule has 7 atom stereocenters.